The van der Waals surface area contributed by atoms with Gasteiger partial charge in [-0.2, -0.15) is 0 Å². The van der Waals surface area contributed by atoms with Crippen molar-refractivity contribution >= 4 is 23.2 Å². The van der Waals surface area contributed by atoms with Crippen LogP contribution in [0.15, 0.2) is 23.2 Å². The highest BCUT2D eigenvalue weighted by molar-refractivity contribution is 6.31. The Hall–Kier alpha value is -1.50. The quantitative estimate of drug-likeness (QED) is 0.488. The predicted octanol–water partition coefficient (Wildman–Crippen LogP) is 3.22. The number of halogens is 1. The molecule has 31 heavy (non-hydrogen) atoms. The minimum absolute atomic E-state index is 0.612. The van der Waals surface area contributed by atoms with E-state index in [1.165, 1.54) is 18.7 Å². The Morgan fingerprint density at radius 2 is 1.87 bits per heavy atom. The van der Waals surface area contributed by atoms with Gasteiger partial charge in [-0.05, 0) is 51.5 Å². The second kappa shape index (κ2) is 11.9. The average molecular weight is 449 g/mol. The first-order chi connectivity index (χ1) is 15.0. The van der Waals surface area contributed by atoms with Crippen molar-refractivity contribution in [1.29, 1.82) is 0 Å². The third kappa shape index (κ3) is 6.50. The Kier molecular flexibility index (Phi) is 9.30. The third-order valence-electron chi connectivity index (χ3n) is 6.66. The zero-order chi connectivity index (χ0) is 22.2. The van der Waals surface area contributed by atoms with Crippen molar-refractivity contribution in [3.05, 3.63) is 28.8 Å². The van der Waals surface area contributed by atoms with Crippen molar-refractivity contribution in [3.8, 4) is 0 Å². The molecule has 7 heteroatoms. The summed E-state index contributed by atoms with van der Waals surface area (Å²) in [4.78, 5) is 14.9. The van der Waals surface area contributed by atoms with Gasteiger partial charge in [0.1, 0.15) is 0 Å². The fraction of sp³-hybridized carbons (Fsp3) is 0.708. The molecular formula is C24H41ClN6. The van der Waals surface area contributed by atoms with Crippen LogP contribution in [0.2, 0.25) is 5.02 Å². The van der Waals surface area contributed by atoms with Gasteiger partial charge in [0.25, 0.3) is 0 Å². The second-order valence-electron chi connectivity index (χ2n) is 8.78. The number of likely N-dealkylation sites (N-methyl/N-ethyl adjacent to an activating group) is 1. The van der Waals surface area contributed by atoms with Crippen LogP contribution in [0.25, 0.3) is 0 Å². The summed E-state index contributed by atoms with van der Waals surface area (Å²) in [5, 5.41) is 4.34. The number of hydrogen-bond donors (Lipinski definition) is 1. The standard InChI is InChI=1S/C24H41ClN6/c1-5-26-24(31-12-11-20(19-31)18-29(6-2)7-3)27-17-21-22(25)9-8-10-23(21)30-15-13-28(4)14-16-30/h8-10,20H,5-7,11-19H2,1-4H3,(H,26,27). The minimum atomic E-state index is 0.612. The fourth-order valence-electron chi connectivity index (χ4n) is 4.65. The maximum Gasteiger partial charge on any atom is 0.194 e. The molecule has 0 aromatic heterocycles. The maximum absolute atomic E-state index is 6.66. The molecule has 6 nitrogen and oxygen atoms in total. The molecule has 3 rings (SSSR count). The van der Waals surface area contributed by atoms with E-state index in [4.69, 9.17) is 16.6 Å². The van der Waals surface area contributed by atoms with Gasteiger partial charge in [-0.3, -0.25) is 0 Å². The highest BCUT2D eigenvalue weighted by Gasteiger charge is 2.26. The van der Waals surface area contributed by atoms with Crippen LogP contribution in [0, 0.1) is 5.92 Å². The lowest BCUT2D eigenvalue weighted by Crippen LogP contribution is -2.44. The van der Waals surface area contributed by atoms with Crippen LogP contribution in [-0.4, -0.2) is 93.2 Å². The van der Waals surface area contributed by atoms with Crippen LogP contribution in [0.3, 0.4) is 0 Å². The van der Waals surface area contributed by atoms with Crippen LogP contribution < -0.4 is 10.2 Å². The van der Waals surface area contributed by atoms with E-state index in [-0.39, 0.29) is 0 Å². The van der Waals surface area contributed by atoms with Gasteiger partial charge >= 0.3 is 0 Å². The summed E-state index contributed by atoms with van der Waals surface area (Å²) in [7, 11) is 2.19. The Morgan fingerprint density at radius 1 is 1.13 bits per heavy atom. The Bertz CT molecular complexity index is 712. The van der Waals surface area contributed by atoms with E-state index in [2.05, 4.69) is 64.9 Å². The fourth-order valence-corrected chi connectivity index (χ4v) is 4.88. The van der Waals surface area contributed by atoms with Gasteiger partial charge in [0.05, 0.1) is 6.54 Å². The maximum atomic E-state index is 6.66. The molecule has 0 radical (unpaired) electrons. The highest BCUT2D eigenvalue weighted by atomic mass is 35.5. The zero-order valence-electron chi connectivity index (χ0n) is 19.9. The summed E-state index contributed by atoms with van der Waals surface area (Å²) in [5.41, 5.74) is 2.38. The third-order valence-corrected chi connectivity index (χ3v) is 7.01. The van der Waals surface area contributed by atoms with Crippen LogP contribution in [0.1, 0.15) is 32.8 Å². The zero-order valence-corrected chi connectivity index (χ0v) is 20.7. The summed E-state index contributed by atoms with van der Waals surface area (Å²) < 4.78 is 0. The minimum Gasteiger partial charge on any atom is -0.369 e. The molecular weight excluding hydrogens is 408 g/mol. The lowest BCUT2D eigenvalue weighted by molar-refractivity contribution is 0.255. The van der Waals surface area contributed by atoms with Crippen molar-refractivity contribution in [2.75, 3.05) is 77.4 Å². The Labute approximate surface area is 194 Å². The molecule has 1 unspecified atom stereocenters. The predicted molar refractivity (Wildman–Crippen MR) is 133 cm³/mol. The SMILES string of the molecule is CCNC(=NCc1c(Cl)cccc1N1CCN(C)CC1)N1CCC(CN(CC)CC)C1. The lowest BCUT2D eigenvalue weighted by Gasteiger charge is -2.35. The summed E-state index contributed by atoms with van der Waals surface area (Å²) in [6.07, 6.45) is 1.24. The van der Waals surface area contributed by atoms with Gasteiger partial charge in [0.15, 0.2) is 5.96 Å². The molecule has 1 N–H and O–H groups in total. The van der Waals surface area contributed by atoms with Gasteiger partial charge in [-0.15, -0.1) is 0 Å². The van der Waals surface area contributed by atoms with E-state index in [9.17, 15) is 0 Å². The van der Waals surface area contributed by atoms with E-state index in [0.717, 1.165) is 75.4 Å². The molecule has 1 aromatic rings. The second-order valence-corrected chi connectivity index (χ2v) is 9.19. The van der Waals surface area contributed by atoms with Crippen molar-refractivity contribution in [2.45, 2.75) is 33.7 Å². The summed E-state index contributed by atoms with van der Waals surface area (Å²) >= 11 is 6.66. The van der Waals surface area contributed by atoms with Crippen LogP contribution in [0.5, 0.6) is 0 Å². The first kappa shape index (κ1) is 24.1. The van der Waals surface area contributed by atoms with Crippen LogP contribution in [0.4, 0.5) is 5.69 Å². The summed E-state index contributed by atoms with van der Waals surface area (Å²) in [6, 6.07) is 6.26. The lowest BCUT2D eigenvalue weighted by atomic mass is 10.1. The smallest absolute Gasteiger partial charge is 0.194 e. The van der Waals surface area contributed by atoms with Gasteiger partial charge in [0, 0.05) is 68.6 Å². The first-order valence-corrected chi connectivity index (χ1v) is 12.4. The molecule has 0 amide bonds. The summed E-state index contributed by atoms with van der Waals surface area (Å²) in [5.74, 6) is 1.73. The number of anilines is 1. The van der Waals surface area contributed by atoms with E-state index in [1.807, 2.05) is 6.07 Å². The Morgan fingerprint density at radius 3 is 2.55 bits per heavy atom. The molecule has 2 aliphatic heterocycles. The molecule has 0 bridgehead atoms. The summed E-state index contributed by atoms with van der Waals surface area (Å²) in [6.45, 7) is 18.0. The largest absolute Gasteiger partial charge is 0.369 e. The number of benzene rings is 1. The van der Waals surface area contributed by atoms with Crippen molar-refractivity contribution in [3.63, 3.8) is 0 Å². The topological polar surface area (TPSA) is 37.4 Å². The number of nitrogens with one attached hydrogen (secondary N) is 1. The molecule has 174 valence electrons. The van der Waals surface area contributed by atoms with Crippen molar-refractivity contribution in [1.82, 2.24) is 20.0 Å². The number of hydrogen-bond acceptors (Lipinski definition) is 4. The van der Waals surface area contributed by atoms with E-state index in [0.29, 0.717) is 12.5 Å². The molecule has 2 saturated heterocycles. The van der Waals surface area contributed by atoms with Crippen LogP contribution in [-0.2, 0) is 6.54 Å². The number of piperazine rings is 1. The van der Waals surface area contributed by atoms with E-state index < -0.39 is 0 Å². The molecule has 1 aromatic carbocycles. The van der Waals surface area contributed by atoms with E-state index >= 15 is 0 Å². The van der Waals surface area contributed by atoms with Crippen molar-refractivity contribution in [2.24, 2.45) is 10.9 Å². The highest BCUT2D eigenvalue weighted by Crippen LogP contribution is 2.29. The number of rotatable bonds is 8. The molecule has 0 aliphatic carbocycles. The average Bonchev–Trinajstić information content (AvgIpc) is 3.24. The van der Waals surface area contributed by atoms with E-state index in [1.54, 1.807) is 0 Å². The number of aliphatic imine (C=N–C) groups is 1. The van der Waals surface area contributed by atoms with Crippen LogP contribution >= 0.6 is 11.6 Å². The molecule has 1 atom stereocenters. The van der Waals surface area contributed by atoms with Gasteiger partial charge < -0.3 is 24.9 Å². The van der Waals surface area contributed by atoms with Gasteiger partial charge in [0.2, 0.25) is 0 Å². The van der Waals surface area contributed by atoms with Gasteiger partial charge in [-0.25, -0.2) is 4.99 Å². The van der Waals surface area contributed by atoms with Crippen molar-refractivity contribution < 1.29 is 0 Å². The molecule has 0 spiro atoms. The monoisotopic (exact) mass is 448 g/mol. The number of guanidine groups is 1. The number of nitrogens with zero attached hydrogens (tertiary/aromatic N) is 5. The van der Waals surface area contributed by atoms with Gasteiger partial charge in [-0.1, -0.05) is 31.5 Å². The molecule has 2 heterocycles. The number of likely N-dealkylation sites (tertiary alicyclic amines) is 1. The molecule has 2 aliphatic rings. The first-order valence-electron chi connectivity index (χ1n) is 12.0. The molecule has 2 fully saturated rings. The normalized spacial score (nSPS) is 20.7. The molecule has 0 saturated carbocycles. The Balaban J connectivity index is 1.71.